The van der Waals surface area contributed by atoms with E-state index in [1.807, 2.05) is 0 Å². The molecular formula is C62H48N2. The molecule has 0 saturated carbocycles. The first kappa shape index (κ1) is 38.0. The molecule has 1 heterocycles. The van der Waals surface area contributed by atoms with Crippen molar-refractivity contribution in [2.24, 2.45) is 0 Å². The number of hydrogen-bond acceptors (Lipinski definition) is 2. The van der Waals surface area contributed by atoms with Crippen LogP contribution in [0, 0.1) is 0 Å². The van der Waals surface area contributed by atoms with Crippen LogP contribution in [0.4, 0.5) is 34.1 Å². The normalized spacial score (nSPS) is 14.2. The second kappa shape index (κ2) is 14.4. The number of anilines is 6. The minimum Gasteiger partial charge on any atom is -0.310 e. The third-order valence-electron chi connectivity index (χ3n) is 14.2. The van der Waals surface area contributed by atoms with Gasteiger partial charge in [0.2, 0.25) is 0 Å². The van der Waals surface area contributed by atoms with Gasteiger partial charge < -0.3 is 9.80 Å². The topological polar surface area (TPSA) is 6.48 Å². The standard InChI is InChI=1S/C62H48N2/c1-61(2)53-27-13-12-26-51(53)52-37-35-48(40-55(52)61)63(47-24-16-23-45(39-47)41-18-6-5-7-19-41)57-30-17-31-58-59(57)62(3,4)54-28-14-15-29-56(54)64(58)60-49-25-11-10-21-43(49)34-36-50(60)46-33-32-42-20-8-9-22-44(42)38-46/h5-40H,1-4H3. The Morgan fingerprint density at radius 2 is 0.984 bits per heavy atom. The van der Waals surface area contributed by atoms with Gasteiger partial charge in [0.25, 0.3) is 0 Å². The average Bonchev–Trinajstić information content (AvgIpc) is 3.57. The second-order valence-electron chi connectivity index (χ2n) is 18.5. The van der Waals surface area contributed by atoms with E-state index < -0.39 is 0 Å². The summed E-state index contributed by atoms with van der Waals surface area (Å²) in [5.74, 6) is 0. The van der Waals surface area contributed by atoms with Crippen LogP contribution in [0.2, 0.25) is 0 Å². The molecule has 0 radical (unpaired) electrons. The molecule has 64 heavy (non-hydrogen) atoms. The van der Waals surface area contributed by atoms with Crippen LogP contribution in [-0.4, -0.2) is 0 Å². The van der Waals surface area contributed by atoms with Gasteiger partial charge in [-0.3, -0.25) is 0 Å². The molecule has 0 saturated heterocycles. The van der Waals surface area contributed by atoms with Crippen LogP contribution in [0.5, 0.6) is 0 Å². The number of nitrogens with zero attached hydrogens (tertiary/aromatic N) is 2. The molecule has 0 bridgehead atoms. The van der Waals surface area contributed by atoms with Gasteiger partial charge in [-0.15, -0.1) is 0 Å². The lowest BCUT2D eigenvalue weighted by atomic mass is 9.72. The van der Waals surface area contributed by atoms with Gasteiger partial charge in [0.15, 0.2) is 0 Å². The molecule has 0 spiro atoms. The Morgan fingerprint density at radius 1 is 0.359 bits per heavy atom. The Hall–Kier alpha value is -7.68. The van der Waals surface area contributed by atoms with Crippen LogP contribution in [0.15, 0.2) is 218 Å². The van der Waals surface area contributed by atoms with Gasteiger partial charge in [0, 0.05) is 38.7 Å². The number of para-hydroxylation sites is 1. The van der Waals surface area contributed by atoms with E-state index in [4.69, 9.17) is 0 Å². The van der Waals surface area contributed by atoms with Gasteiger partial charge in [0.05, 0.1) is 22.7 Å². The van der Waals surface area contributed by atoms with E-state index >= 15 is 0 Å². The van der Waals surface area contributed by atoms with Crippen molar-refractivity contribution in [3.8, 4) is 33.4 Å². The van der Waals surface area contributed by atoms with Gasteiger partial charge >= 0.3 is 0 Å². The summed E-state index contributed by atoms with van der Waals surface area (Å²) in [7, 11) is 0. The summed E-state index contributed by atoms with van der Waals surface area (Å²) in [6, 6.07) is 81.1. The Morgan fingerprint density at radius 3 is 1.84 bits per heavy atom. The van der Waals surface area contributed by atoms with Crippen molar-refractivity contribution in [3.05, 3.63) is 241 Å². The van der Waals surface area contributed by atoms with Crippen molar-refractivity contribution in [1.29, 1.82) is 0 Å². The molecule has 10 aromatic rings. The molecule has 1 aliphatic heterocycles. The van der Waals surface area contributed by atoms with Gasteiger partial charge in [-0.25, -0.2) is 0 Å². The predicted molar refractivity (Wildman–Crippen MR) is 271 cm³/mol. The van der Waals surface area contributed by atoms with Crippen LogP contribution in [0.1, 0.15) is 49.9 Å². The van der Waals surface area contributed by atoms with Crippen molar-refractivity contribution in [3.63, 3.8) is 0 Å². The zero-order valence-corrected chi connectivity index (χ0v) is 36.7. The molecule has 0 fully saturated rings. The fraction of sp³-hybridized carbons (Fsp3) is 0.0968. The summed E-state index contributed by atoms with van der Waals surface area (Å²) < 4.78 is 0. The maximum Gasteiger partial charge on any atom is 0.0618 e. The highest BCUT2D eigenvalue weighted by molar-refractivity contribution is 6.09. The lowest BCUT2D eigenvalue weighted by Crippen LogP contribution is -2.32. The zero-order chi connectivity index (χ0) is 43.2. The highest BCUT2D eigenvalue weighted by Crippen LogP contribution is 2.59. The quantitative estimate of drug-likeness (QED) is 0.165. The fourth-order valence-electron chi connectivity index (χ4n) is 11.0. The Balaban J connectivity index is 1.14. The van der Waals surface area contributed by atoms with E-state index in [0.717, 1.165) is 17.1 Å². The first-order valence-electron chi connectivity index (χ1n) is 22.5. The van der Waals surface area contributed by atoms with Crippen LogP contribution in [-0.2, 0) is 10.8 Å². The Kier molecular flexibility index (Phi) is 8.58. The minimum absolute atomic E-state index is 0.155. The molecule has 2 aliphatic rings. The molecule has 0 N–H and O–H groups in total. The molecule has 0 atom stereocenters. The first-order chi connectivity index (χ1) is 31.3. The Bertz CT molecular complexity index is 3470. The largest absolute Gasteiger partial charge is 0.310 e. The third kappa shape index (κ3) is 5.79. The lowest BCUT2D eigenvalue weighted by Gasteiger charge is -2.45. The number of benzene rings is 10. The van der Waals surface area contributed by atoms with Crippen molar-refractivity contribution in [2.45, 2.75) is 38.5 Å². The second-order valence-corrected chi connectivity index (χ2v) is 18.5. The minimum atomic E-state index is -0.381. The SMILES string of the molecule is CC1(C)c2ccccc2-c2ccc(N(c3cccc(-c4ccccc4)c3)c3cccc4c3C(C)(C)c3ccccc3N4c3c(-c4ccc5ccccc5c4)ccc4ccccc34)cc21. The van der Waals surface area contributed by atoms with Crippen LogP contribution in [0.3, 0.4) is 0 Å². The van der Waals surface area contributed by atoms with E-state index in [1.54, 1.807) is 0 Å². The number of rotatable bonds is 6. The summed E-state index contributed by atoms with van der Waals surface area (Å²) in [5.41, 5.74) is 19.2. The summed E-state index contributed by atoms with van der Waals surface area (Å²) in [6.45, 7) is 9.59. The molecule has 12 rings (SSSR count). The first-order valence-corrected chi connectivity index (χ1v) is 22.5. The van der Waals surface area contributed by atoms with E-state index in [0.29, 0.717) is 0 Å². The average molecular weight is 821 g/mol. The monoisotopic (exact) mass is 820 g/mol. The van der Waals surface area contributed by atoms with Crippen molar-refractivity contribution in [1.82, 2.24) is 0 Å². The predicted octanol–water partition coefficient (Wildman–Crippen LogP) is 17.2. The number of fused-ring (bicyclic) bond motifs is 7. The summed E-state index contributed by atoms with van der Waals surface area (Å²) >= 11 is 0. The van der Waals surface area contributed by atoms with E-state index in [-0.39, 0.29) is 10.8 Å². The van der Waals surface area contributed by atoms with Crippen LogP contribution in [0.25, 0.3) is 54.9 Å². The summed E-state index contributed by atoms with van der Waals surface area (Å²) in [4.78, 5) is 5.11. The maximum atomic E-state index is 2.58. The molecule has 0 unspecified atom stereocenters. The lowest BCUT2D eigenvalue weighted by molar-refractivity contribution is 0.632. The smallest absolute Gasteiger partial charge is 0.0618 e. The Labute approximate surface area is 376 Å². The van der Waals surface area contributed by atoms with Crippen LogP contribution >= 0.6 is 0 Å². The van der Waals surface area contributed by atoms with Crippen molar-refractivity contribution in [2.75, 3.05) is 9.80 Å². The number of hydrogen-bond donors (Lipinski definition) is 0. The highest BCUT2D eigenvalue weighted by Gasteiger charge is 2.42. The molecule has 2 heteroatoms. The van der Waals surface area contributed by atoms with Crippen LogP contribution < -0.4 is 9.80 Å². The molecule has 0 amide bonds. The fourth-order valence-corrected chi connectivity index (χ4v) is 11.0. The van der Waals surface area contributed by atoms with Crippen molar-refractivity contribution >= 4 is 55.7 Å². The third-order valence-corrected chi connectivity index (χ3v) is 14.2. The van der Waals surface area contributed by atoms with Gasteiger partial charge in [-0.2, -0.15) is 0 Å². The summed E-state index contributed by atoms with van der Waals surface area (Å²) in [5, 5.41) is 4.90. The molecule has 306 valence electrons. The van der Waals surface area contributed by atoms with Gasteiger partial charge in [-0.05, 0) is 109 Å². The molecular weight excluding hydrogens is 773 g/mol. The van der Waals surface area contributed by atoms with E-state index in [2.05, 4.69) is 256 Å². The molecule has 0 aromatic heterocycles. The van der Waals surface area contributed by atoms with Gasteiger partial charge in [0.1, 0.15) is 0 Å². The highest BCUT2D eigenvalue weighted by atomic mass is 15.2. The molecule has 10 aromatic carbocycles. The molecule has 2 nitrogen and oxygen atoms in total. The maximum absolute atomic E-state index is 2.58. The van der Waals surface area contributed by atoms with E-state index in [1.165, 1.54) is 94.2 Å². The van der Waals surface area contributed by atoms with E-state index in [9.17, 15) is 0 Å². The summed E-state index contributed by atoms with van der Waals surface area (Å²) in [6.07, 6.45) is 0. The molecule has 1 aliphatic carbocycles. The van der Waals surface area contributed by atoms with Crippen molar-refractivity contribution < 1.29 is 0 Å². The zero-order valence-electron chi connectivity index (χ0n) is 36.7. The van der Waals surface area contributed by atoms with Gasteiger partial charge in [-0.1, -0.05) is 198 Å².